The van der Waals surface area contributed by atoms with Crippen molar-refractivity contribution in [3.63, 3.8) is 0 Å². The van der Waals surface area contributed by atoms with Gasteiger partial charge in [-0.3, -0.25) is 0 Å². The van der Waals surface area contributed by atoms with E-state index in [0.29, 0.717) is 6.54 Å². The molecule has 0 bridgehead atoms. The molecule has 0 fully saturated rings. The van der Waals surface area contributed by atoms with Gasteiger partial charge >= 0.3 is 0 Å². The van der Waals surface area contributed by atoms with Gasteiger partial charge in [-0.05, 0) is 35.6 Å². The highest BCUT2D eigenvalue weighted by Gasteiger charge is 2.08. The van der Waals surface area contributed by atoms with Gasteiger partial charge in [0.2, 0.25) is 0 Å². The number of aromatic nitrogens is 2. The molecule has 0 radical (unpaired) electrons. The van der Waals surface area contributed by atoms with Crippen molar-refractivity contribution < 1.29 is 0 Å². The van der Waals surface area contributed by atoms with Crippen LogP contribution in [-0.2, 0) is 6.54 Å². The molecule has 19 heavy (non-hydrogen) atoms. The minimum atomic E-state index is 0.696. The molecule has 0 saturated carbocycles. The molecule has 0 spiro atoms. The summed E-state index contributed by atoms with van der Waals surface area (Å²) in [5.74, 6) is 0.878. The van der Waals surface area contributed by atoms with Crippen LogP contribution in [0.4, 0.5) is 5.82 Å². The zero-order chi connectivity index (χ0) is 13.2. The Labute approximate surface area is 120 Å². The fourth-order valence-electron chi connectivity index (χ4n) is 1.98. The lowest BCUT2D eigenvalue weighted by Gasteiger charge is -2.07. The molecule has 0 aliphatic carbocycles. The molecule has 0 aliphatic rings. The number of anilines is 1. The lowest BCUT2D eigenvalue weighted by Crippen LogP contribution is -2.02. The van der Waals surface area contributed by atoms with Crippen molar-refractivity contribution in [1.29, 1.82) is 0 Å². The summed E-state index contributed by atoms with van der Waals surface area (Å²) < 4.78 is 0. The Morgan fingerprint density at radius 3 is 3.05 bits per heavy atom. The molecule has 0 aliphatic heterocycles. The summed E-state index contributed by atoms with van der Waals surface area (Å²) in [7, 11) is 0. The second kappa shape index (κ2) is 5.15. The van der Waals surface area contributed by atoms with Gasteiger partial charge in [0.15, 0.2) is 0 Å². The lowest BCUT2D eigenvalue weighted by molar-refractivity contribution is 1.10. The first-order valence-corrected chi connectivity index (χ1v) is 7.17. The number of thiophene rings is 1. The van der Waals surface area contributed by atoms with E-state index >= 15 is 0 Å². The molecule has 3 nitrogen and oxygen atoms in total. The SMILES string of the molecule is Cc1csc2ncnc(NCc3cccc(Cl)c3)c12. The first kappa shape index (κ1) is 12.4. The molecule has 2 aromatic heterocycles. The minimum Gasteiger partial charge on any atom is -0.365 e. The van der Waals surface area contributed by atoms with Crippen LogP contribution in [0.2, 0.25) is 5.02 Å². The van der Waals surface area contributed by atoms with E-state index in [-0.39, 0.29) is 0 Å². The Hall–Kier alpha value is -1.65. The smallest absolute Gasteiger partial charge is 0.138 e. The number of hydrogen-bond donors (Lipinski definition) is 1. The second-order valence-electron chi connectivity index (χ2n) is 4.30. The molecule has 96 valence electrons. The Kier molecular flexibility index (Phi) is 3.36. The Bertz CT molecular complexity index is 724. The number of hydrogen-bond acceptors (Lipinski definition) is 4. The van der Waals surface area contributed by atoms with Crippen LogP contribution in [0.5, 0.6) is 0 Å². The van der Waals surface area contributed by atoms with Gasteiger partial charge in [-0.2, -0.15) is 0 Å². The highest BCUT2D eigenvalue weighted by molar-refractivity contribution is 7.17. The number of aryl methyl sites for hydroxylation is 1. The van der Waals surface area contributed by atoms with E-state index in [1.807, 2.05) is 24.3 Å². The highest BCUT2D eigenvalue weighted by atomic mass is 35.5. The summed E-state index contributed by atoms with van der Waals surface area (Å²) in [5.41, 5.74) is 2.33. The van der Waals surface area contributed by atoms with Crippen LogP contribution >= 0.6 is 22.9 Å². The molecule has 0 atom stereocenters. The summed E-state index contributed by atoms with van der Waals surface area (Å²) in [6.07, 6.45) is 1.60. The van der Waals surface area contributed by atoms with Crippen LogP contribution in [0.15, 0.2) is 36.0 Å². The number of nitrogens with one attached hydrogen (secondary N) is 1. The molecule has 2 heterocycles. The molecule has 3 rings (SSSR count). The largest absolute Gasteiger partial charge is 0.365 e. The lowest BCUT2D eigenvalue weighted by atomic mass is 10.2. The van der Waals surface area contributed by atoms with Gasteiger partial charge < -0.3 is 5.32 Å². The van der Waals surface area contributed by atoms with E-state index in [4.69, 9.17) is 11.6 Å². The monoisotopic (exact) mass is 289 g/mol. The van der Waals surface area contributed by atoms with Crippen LogP contribution in [0, 0.1) is 6.92 Å². The quantitative estimate of drug-likeness (QED) is 0.782. The summed E-state index contributed by atoms with van der Waals surface area (Å²) in [5, 5.41) is 7.31. The van der Waals surface area contributed by atoms with E-state index in [1.54, 1.807) is 17.7 Å². The number of rotatable bonds is 3. The molecular formula is C14H12ClN3S. The van der Waals surface area contributed by atoms with Crippen molar-refractivity contribution in [2.24, 2.45) is 0 Å². The Morgan fingerprint density at radius 1 is 1.32 bits per heavy atom. The maximum absolute atomic E-state index is 5.98. The normalized spacial score (nSPS) is 10.8. The molecule has 5 heteroatoms. The number of benzene rings is 1. The van der Waals surface area contributed by atoms with E-state index in [1.165, 1.54) is 5.56 Å². The zero-order valence-electron chi connectivity index (χ0n) is 10.4. The molecule has 1 N–H and O–H groups in total. The third-order valence-corrected chi connectivity index (χ3v) is 4.14. The topological polar surface area (TPSA) is 37.8 Å². The van der Waals surface area contributed by atoms with E-state index in [2.05, 4.69) is 27.6 Å². The molecule has 0 saturated heterocycles. The van der Waals surface area contributed by atoms with Crippen molar-refractivity contribution in [2.75, 3.05) is 5.32 Å². The van der Waals surface area contributed by atoms with Gasteiger partial charge in [0.1, 0.15) is 17.0 Å². The first-order valence-electron chi connectivity index (χ1n) is 5.91. The molecule has 3 aromatic rings. The maximum atomic E-state index is 5.98. The van der Waals surface area contributed by atoms with Crippen LogP contribution in [0.3, 0.4) is 0 Å². The minimum absolute atomic E-state index is 0.696. The highest BCUT2D eigenvalue weighted by Crippen LogP contribution is 2.28. The van der Waals surface area contributed by atoms with Crippen molar-refractivity contribution in [3.8, 4) is 0 Å². The van der Waals surface area contributed by atoms with Crippen LogP contribution < -0.4 is 5.32 Å². The summed E-state index contributed by atoms with van der Waals surface area (Å²) in [4.78, 5) is 9.62. The Morgan fingerprint density at radius 2 is 2.21 bits per heavy atom. The summed E-state index contributed by atoms with van der Waals surface area (Å²) >= 11 is 7.62. The number of fused-ring (bicyclic) bond motifs is 1. The Balaban J connectivity index is 1.88. The van der Waals surface area contributed by atoms with Gasteiger partial charge in [0, 0.05) is 11.6 Å². The van der Waals surface area contributed by atoms with Gasteiger partial charge in [-0.25, -0.2) is 9.97 Å². The fourth-order valence-corrected chi connectivity index (χ4v) is 3.09. The first-order chi connectivity index (χ1) is 9.24. The zero-order valence-corrected chi connectivity index (χ0v) is 11.9. The third-order valence-electron chi connectivity index (χ3n) is 2.90. The molecular weight excluding hydrogens is 278 g/mol. The fraction of sp³-hybridized carbons (Fsp3) is 0.143. The van der Waals surface area contributed by atoms with Gasteiger partial charge in [0.05, 0.1) is 5.39 Å². The maximum Gasteiger partial charge on any atom is 0.138 e. The second-order valence-corrected chi connectivity index (χ2v) is 5.60. The van der Waals surface area contributed by atoms with E-state index in [9.17, 15) is 0 Å². The van der Waals surface area contributed by atoms with E-state index in [0.717, 1.165) is 26.6 Å². The third kappa shape index (κ3) is 2.55. The van der Waals surface area contributed by atoms with Crippen LogP contribution in [0.1, 0.15) is 11.1 Å². The summed E-state index contributed by atoms with van der Waals surface area (Å²) in [6, 6.07) is 7.81. The standard InChI is InChI=1S/C14H12ClN3S/c1-9-7-19-14-12(9)13(17-8-18-14)16-6-10-3-2-4-11(15)5-10/h2-5,7-8H,6H2,1H3,(H,16,17,18). The summed E-state index contributed by atoms with van der Waals surface area (Å²) in [6.45, 7) is 2.77. The van der Waals surface area contributed by atoms with Crippen molar-refractivity contribution in [1.82, 2.24) is 9.97 Å². The van der Waals surface area contributed by atoms with Gasteiger partial charge in [-0.15, -0.1) is 11.3 Å². The van der Waals surface area contributed by atoms with Crippen LogP contribution in [-0.4, -0.2) is 9.97 Å². The van der Waals surface area contributed by atoms with Gasteiger partial charge in [0.25, 0.3) is 0 Å². The van der Waals surface area contributed by atoms with Gasteiger partial charge in [-0.1, -0.05) is 23.7 Å². The average molecular weight is 290 g/mol. The number of halogens is 1. The predicted octanol–water partition coefficient (Wildman–Crippen LogP) is 4.27. The average Bonchev–Trinajstić information content (AvgIpc) is 2.79. The molecule has 0 amide bonds. The molecule has 0 unspecified atom stereocenters. The van der Waals surface area contributed by atoms with Crippen molar-refractivity contribution in [3.05, 3.63) is 52.1 Å². The van der Waals surface area contributed by atoms with Crippen molar-refractivity contribution in [2.45, 2.75) is 13.5 Å². The van der Waals surface area contributed by atoms with E-state index < -0.39 is 0 Å². The molecule has 1 aromatic carbocycles. The van der Waals surface area contributed by atoms with Crippen LogP contribution in [0.25, 0.3) is 10.2 Å². The predicted molar refractivity (Wildman–Crippen MR) is 80.9 cm³/mol. The van der Waals surface area contributed by atoms with Crippen molar-refractivity contribution >= 4 is 39.0 Å². The number of nitrogens with zero attached hydrogens (tertiary/aromatic N) is 2.